The molecule has 0 amide bonds. The minimum Gasteiger partial charge on any atom is -0.379 e. The van der Waals surface area contributed by atoms with Crippen LogP contribution >= 0.6 is 24.0 Å². The first kappa shape index (κ1) is 24.6. The number of hydrogen-bond acceptors (Lipinski definition) is 4. The van der Waals surface area contributed by atoms with Gasteiger partial charge in [0.05, 0.1) is 19.8 Å². The van der Waals surface area contributed by atoms with E-state index in [1.165, 1.54) is 43.6 Å². The summed E-state index contributed by atoms with van der Waals surface area (Å²) in [6.07, 6.45) is 3.83. The van der Waals surface area contributed by atoms with Crippen molar-refractivity contribution in [2.75, 3.05) is 63.9 Å². The molecule has 0 saturated carbocycles. The summed E-state index contributed by atoms with van der Waals surface area (Å²) in [5.41, 5.74) is 2.64. The molecule has 3 saturated heterocycles. The maximum Gasteiger partial charge on any atom is 0.194 e. The number of benzene rings is 1. The van der Waals surface area contributed by atoms with Crippen molar-refractivity contribution in [3.63, 3.8) is 0 Å². The molecule has 3 aliphatic rings. The van der Waals surface area contributed by atoms with E-state index in [1.54, 1.807) is 0 Å². The molecule has 3 fully saturated rings. The van der Waals surface area contributed by atoms with Gasteiger partial charge in [-0.25, -0.2) is 4.99 Å². The van der Waals surface area contributed by atoms with E-state index in [9.17, 15) is 0 Å². The van der Waals surface area contributed by atoms with Crippen molar-refractivity contribution in [2.45, 2.75) is 45.7 Å². The number of nitrogens with one attached hydrogen (secondary N) is 1. The highest BCUT2D eigenvalue weighted by Gasteiger charge is 2.30. The number of piperidine rings is 1. The zero-order valence-electron chi connectivity index (χ0n) is 19.3. The van der Waals surface area contributed by atoms with Gasteiger partial charge in [0, 0.05) is 57.5 Å². The number of ether oxygens (including phenoxy) is 1. The first-order valence-corrected chi connectivity index (χ1v) is 11.9. The van der Waals surface area contributed by atoms with Crippen LogP contribution in [0.1, 0.15) is 38.7 Å². The Morgan fingerprint density at radius 1 is 1.03 bits per heavy atom. The van der Waals surface area contributed by atoms with Crippen LogP contribution in [0.15, 0.2) is 29.3 Å². The summed E-state index contributed by atoms with van der Waals surface area (Å²) in [6.45, 7) is 14.5. The SMILES string of the molecule is CCNC(=NCc1ccc(N2CCC(C)CC2)cc1)N1CCC(N2CCOCC2)C1.I. The lowest BCUT2D eigenvalue weighted by molar-refractivity contribution is 0.0195. The Hall–Kier alpha value is -1.06. The summed E-state index contributed by atoms with van der Waals surface area (Å²) >= 11 is 0. The number of anilines is 1. The van der Waals surface area contributed by atoms with E-state index in [-0.39, 0.29) is 24.0 Å². The fourth-order valence-corrected chi connectivity index (χ4v) is 4.85. The maximum absolute atomic E-state index is 5.52. The molecule has 0 spiro atoms. The fourth-order valence-electron chi connectivity index (χ4n) is 4.85. The molecule has 1 unspecified atom stereocenters. The molecule has 1 atom stereocenters. The second-order valence-electron chi connectivity index (χ2n) is 9.04. The van der Waals surface area contributed by atoms with Gasteiger partial charge < -0.3 is 19.9 Å². The fraction of sp³-hybridized carbons (Fsp3) is 0.708. The first-order chi connectivity index (χ1) is 14.7. The number of guanidine groups is 1. The zero-order chi connectivity index (χ0) is 20.8. The Kier molecular flexibility index (Phi) is 9.72. The maximum atomic E-state index is 5.52. The quantitative estimate of drug-likeness (QED) is 0.352. The van der Waals surface area contributed by atoms with Gasteiger partial charge in [-0.2, -0.15) is 0 Å². The molecule has 0 radical (unpaired) electrons. The molecule has 3 aliphatic heterocycles. The standard InChI is InChI=1S/C24H39N5O.HI/c1-3-25-24(29-13-10-23(19-29)28-14-16-30-17-15-28)26-18-21-4-6-22(7-5-21)27-11-8-20(2)9-12-27;/h4-7,20,23H,3,8-19H2,1-2H3,(H,25,26);1H. The van der Waals surface area contributed by atoms with E-state index >= 15 is 0 Å². The van der Waals surface area contributed by atoms with Gasteiger partial charge in [-0.05, 0) is 49.8 Å². The van der Waals surface area contributed by atoms with Gasteiger partial charge in [-0.1, -0.05) is 19.1 Å². The lowest BCUT2D eigenvalue weighted by Crippen LogP contribution is -2.46. The molecular formula is C24H40IN5O. The van der Waals surface area contributed by atoms with Crippen LogP contribution in [0.2, 0.25) is 0 Å². The number of likely N-dealkylation sites (tertiary alicyclic amines) is 1. The summed E-state index contributed by atoms with van der Waals surface area (Å²) in [7, 11) is 0. The van der Waals surface area contributed by atoms with Crippen molar-refractivity contribution in [3.05, 3.63) is 29.8 Å². The topological polar surface area (TPSA) is 43.3 Å². The number of aliphatic imine (C=N–C) groups is 1. The third-order valence-electron chi connectivity index (χ3n) is 6.86. The monoisotopic (exact) mass is 541 g/mol. The largest absolute Gasteiger partial charge is 0.379 e. The van der Waals surface area contributed by atoms with Crippen LogP contribution in [0.25, 0.3) is 0 Å². The summed E-state index contributed by atoms with van der Waals surface area (Å²) in [6, 6.07) is 9.68. The van der Waals surface area contributed by atoms with E-state index in [0.29, 0.717) is 6.04 Å². The van der Waals surface area contributed by atoms with Gasteiger partial charge >= 0.3 is 0 Å². The number of rotatable bonds is 5. The molecule has 3 heterocycles. The lowest BCUT2D eigenvalue weighted by Gasteiger charge is -2.32. The molecule has 31 heavy (non-hydrogen) atoms. The summed E-state index contributed by atoms with van der Waals surface area (Å²) < 4.78 is 5.52. The molecule has 0 aliphatic carbocycles. The van der Waals surface area contributed by atoms with Gasteiger partial charge in [-0.15, -0.1) is 24.0 Å². The summed E-state index contributed by atoms with van der Waals surface area (Å²) in [4.78, 5) is 12.5. The Bertz CT molecular complexity index is 684. The van der Waals surface area contributed by atoms with E-state index < -0.39 is 0 Å². The van der Waals surface area contributed by atoms with E-state index in [2.05, 4.69) is 58.1 Å². The van der Waals surface area contributed by atoms with Crippen molar-refractivity contribution in [2.24, 2.45) is 10.9 Å². The Labute approximate surface area is 205 Å². The van der Waals surface area contributed by atoms with Crippen LogP contribution in [-0.2, 0) is 11.3 Å². The smallest absolute Gasteiger partial charge is 0.194 e. The molecule has 0 aromatic heterocycles. The minimum atomic E-state index is 0. The van der Waals surface area contributed by atoms with Crippen LogP contribution in [0.5, 0.6) is 0 Å². The molecule has 0 bridgehead atoms. The average Bonchev–Trinajstić information content (AvgIpc) is 3.28. The number of hydrogen-bond donors (Lipinski definition) is 1. The predicted octanol–water partition coefficient (Wildman–Crippen LogP) is 3.41. The molecular weight excluding hydrogens is 501 g/mol. The normalized spacial score (nSPS) is 23.7. The van der Waals surface area contributed by atoms with Crippen molar-refractivity contribution < 1.29 is 4.74 Å². The van der Waals surface area contributed by atoms with Gasteiger partial charge in [0.1, 0.15) is 0 Å². The van der Waals surface area contributed by atoms with E-state index in [4.69, 9.17) is 9.73 Å². The number of nitrogens with zero attached hydrogens (tertiary/aromatic N) is 4. The molecule has 6 nitrogen and oxygen atoms in total. The van der Waals surface area contributed by atoms with Crippen LogP contribution in [0.3, 0.4) is 0 Å². The molecule has 174 valence electrons. The van der Waals surface area contributed by atoms with Crippen molar-refractivity contribution in [1.29, 1.82) is 0 Å². The molecule has 1 N–H and O–H groups in total. The molecule has 1 aromatic rings. The van der Waals surface area contributed by atoms with Crippen LogP contribution in [-0.4, -0.2) is 80.8 Å². The Morgan fingerprint density at radius 3 is 2.42 bits per heavy atom. The van der Waals surface area contributed by atoms with Crippen LogP contribution in [0.4, 0.5) is 5.69 Å². The second kappa shape index (κ2) is 12.3. The Morgan fingerprint density at radius 2 is 1.74 bits per heavy atom. The zero-order valence-corrected chi connectivity index (χ0v) is 21.6. The highest BCUT2D eigenvalue weighted by Crippen LogP contribution is 2.23. The van der Waals surface area contributed by atoms with Gasteiger partial charge in [-0.3, -0.25) is 4.90 Å². The van der Waals surface area contributed by atoms with Crippen molar-refractivity contribution in [1.82, 2.24) is 15.1 Å². The molecule has 1 aromatic carbocycles. The third-order valence-corrected chi connectivity index (χ3v) is 6.86. The van der Waals surface area contributed by atoms with Gasteiger partial charge in [0.15, 0.2) is 5.96 Å². The second-order valence-corrected chi connectivity index (χ2v) is 9.04. The highest BCUT2D eigenvalue weighted by atomic mass is 127. The van der Waals surface area contributed by atoms with Crippen LogP contribution < -0.4 is 10.2 Å². The molecule has 7 heteroatoms. The van der Waals surface area contributed by atoms with Crippen molar-refractivity contribution >= 4 is 35.6 Å². The molecule has 4 rings (SSSR count). The van der Waals surface area contributed by atoms with Crippen LogP contribution in [0, 0.1) is 5.92 Å². The average molecular weight is 542 g/mol. The number of halogens is 1. The lowest BCUT2D eigenvalue weighted by atomic mass is 9.99. The van der Waals surface area contributed by atoms with Crippen molar-refractivity contribution in [3.8, 4) is 0 Å². The summed E-state index contributed by atoms with van der Waals surface area (Å²) in [5, 5.41) is 3.51. The Balaban J connectivity index is 0.00000272. The highest BCUT2D eigenvalue weighted by molar-refractivity contribution is 14.0. The first-order valence-electron chi connectivity index (χ1n) is 11.9. The van der Waals surface area contributed by atoms with E-state index in [1.807, 2.05) is 0 Å². The van der Waals surface area contributed by atoms with Gasteiger partial charge in [0.25, 0.3) is 0 Å². The predicted molar refractivity (Wildman–Crippen MR) is 140 cm³/mol. The minimum absolute atomic E-state index is 0. The summed E-state index contributed by atoms with van der Waals surface area (Å²) in [5.74, 6) is 1.93. The van der Waals surface area contributed by atoms with E-state index in [0.717, 1.165) is 64.4 Å². The van der Waals surface area contributed by atoms with Gasteiger partial charge in [0.2, 0.25) is 0 Å². The third kappa shape index (κ3) is 6.71. The number of morpholine rings is 1.